The molecule has 1 fully saturated rings. The van der Waals surface area contributed by atoms with Crippen molar-refractivity contribution in [2.24, 2.45) is 0 Å². The second-order valence-corrected chi connectivity index (χ2v) is 5.35. The van der Waals surface area contributed by atoms with E-state index in [9.17, 15) is 0 Å². The quantitative estimate of drug-likeness (QED) is 0.736. The molecule has 0 saturated carbocycles. The summed E-state index contributed by atoms with van der Waals surface area (Å²) in [5.74, 6) is 0. The van der Waals surface area contributed by atoms with Gasteiger partial charge in [0.1, 0.15) is 0 Å². The second-order valence-electron chi connectivity index (χ2n) is 5.35. The predicted octanol–water partition coefficient (Wildman–Crippen LogP) is 1.93. The highest BCUT2D eigenvalue weighted by atomic mass is 15.3. The summed E-state index contributed by atoms with van der Waals surface area (Å²) in [7, 11) is 2.23. The molecule has 0 spiro atoms. The minimum absolute atomic E-state index is 0.671. The first-order chi connectivity index (χ1) is 8.24. The fourth-order valence-electron chi connectivity index (χ4n) is 2.98. The van der Waals surface area contributed by atoms with Crippen molar-refractivity contribution in [1.29, 1.82) is 0 Å². The highest BCUT2D eigenvalue weighted by Gasteiger charge is 2.28. The van der Waals surface area contributed by atoms with Crippen LogP contribution in [0, 0.1) is 6.92 Å². The van der Waals surface area contributed by atoms with E-state index in [4.69, 9.17) is 0 Å². The maximum atomic E-state index is 3.56. The van der Waals surface area contributed by atoms with Gasteiger partial charge in [-0.05, 0) is 38.1 Å². The Hall–Kier alpha value is -1.22. The van der Waals surface area contributed by atoms with Gasteiger partial charge in [-0.25, -0.2) is 0 Å². The number of anilines is 2. The van der Waals surface area contributed by atoms with Gasteiger partial charge in [-0.1, -0.05) is 6.07 Å². The fraction of sp³-hybridized carbons (Fsp3) is 0.571. The predicted molar refractivity (Wildman–Crippen MR) is 72.9 cm³/mol. The molecular weight excluding hydrogens is 210 g/mol. The van der Waals surface area contributed by atoms with Gasteiger partial charge >= 0.3 is 0 Å². The van der Waals surface area contributed by atoms with Crippen LogP contribution in [0.4, 0.5) is 11.4 Å². The lowest BCUT2D eigenvalue weighted by Crippen LogP contribution is -2.51. The monoisotopic (exact) mass is 231 g/mol. The van der Waals surface area contributed by atoms with Crippen molar-refractivity contribution in [3.05, 3.63) is 23.8 Å². The van der Waals surface area contributed by atoms with Gasteiger partial charge in [0.25, 0.3) is 0 Å². The summed E-state index contributed by atoms with van der Waals surface area (Å²) in [5.41, 5.74) is 4.06. The molecule has 3 rings (SSSR count). The van der Waals surface area contributed by atoms with Crippen LogP contribution in [0.3, 0.4) is 0 Å². The molecule has 0 aliphatic carbocycles. The molecule has 0 amide bonds. The Bertz CT molecular complexity index is 416. The third-order valence-corrected chi connectivity index (χ3v) is 3.94. The number of piperazine rings is 1. The molecule has 0 radical (unpaired) electrons. The van der Waals surface area contributed by atoms with Crippen LogP contribution in [0.5, 0.6) is 0 Å². The van der Waals surface area contributed by atoms with Gasteiger partial charge in [-0.15, -0.1) is 0 Å². The Balaban J connectivity index is 1.98. The second kappa shape index (κ2) is 4.22. The molecule has 1 atom stereocenters. The summed E-state index contributed by atoms with van der Waals surface area (Å²) >= 11 is 0. The Morgan fingerprint density at radius 3 is 3.06 bits per heavy atom. The topological polar surface area (TPSA) is 18.5 Å². The number of fused-ring (bicyclic) bond motifs is 3. The third-order valence-electron chi connectivity index (χ3n) is 3.94. The average molecular weight is 231 g/mol. The first kappa shape index (κ1) is 10.9. The normalized spacial score (nSPS) is 24.6. The molecule has 1 N–H and O–H groups in total. The standard InChI is InChI=1S/C14H21N3/c1-11-3-4-13-14(9-11)17-8-7-16(2)10-12(17)5-6-15-13/h3-4,9,12,15H,5-8,10H2,1-2H3. The number of likely N-dealkylation sites (N-methyl/N-ethyl adjacent to an activating group) is 1. The van der Waals surface area contributed by atoms with Crippen molar-refractivity contribution >= 4 is 11.4 Å². The van der Waals surface area contributed by atoms with E-state index in [1.165, 1.54) is 36.4 Å². The van der Waals surface area contributed by atoms with E-state index in [2.05, 4.69) is 47.3 Å². The zero-order chi connectivity index (χ0) is 11.8. The SMILES string of the molecule is Cc1ccc2c(c1)N1CCN(C)CC1CCN2. The van der Waals surface area contributed by atoms with E-state index >= 15 is 0 Å². The lowest BCUT2D eigenvalue weighted by Gasteiger charge is -2.40. The minimum Gasteiger partial charge on any atom is -0.383 e. The average Bonchev–Trinajstić information content (AvgIpc) is 2.47. The van der Waals surface area contributed by atoms with Crippen molar-refractivity contribution in [3.63, 3.8) is 0 Å². The lowest BCUT2D eigenvalue weighted by molar-refractivity contribution is 0.264. The Morgan fingerprint density at radius 1 is 1.29 bits per heavy atom. The van der Waals surface area contributed by atoms with Crippen LogP contribution in [-0.2, 0) is 0 Å². The van der Waals surface area contributed by atoms with Crippen molar-refractivity contribution in [2.45, 2.75) is 19.4 Å². The van der Waals surface area contributed by atoms with Gasteiger partial charge in [0, 0.05) is 32.2 Å². The van der Waals surface area contributed by atoms with Crippen LogP contribution < -0.4 is 10.2 Å². The molecule has 92 valence electrons. The van der Waals surface area contributed by atoms with Crippen LogP contribution in [-0.4, -0.2) is 44.2 Å². The highest BCUT2D eigenvalue weighted by Crippen LogP contribution is 2.33. The van der Waals surface area contributed by atoms with E-state index in [-0.39, 0.29) is 0 Å². The van der Waals surface area contributed by atoms with Gasteiger partial charge in [-0.2, -0.15) is 0 Å². The molecule has 1 aromatic carbocycles. The molecule has 1 aromatic rings. The largest absolute Gasteiger partial charge is 0.383 e. The van der Waals surface area contributed by atoms with Crippen LogP contribution in [0.2, 0.25) is 0 Å². The molecule has 3 nitrogen and oxygen atoms in total. The molecule has 17 heavy (non-hydrogen) atoms. The third kappa shape index (κ3) is 2.00. The van der Waals surface area contributed by atoms with Crippen LogP contribution in [0.15, 0.2) is 18.2 Å². The van der Waals surface area contributed by atoms with Gasteiger partial charge < -0.3 is 15.1 Å². The Kier molecular flexibility index (Phi) is 2.71. The number of rotatable bonds is 0. The van der Waals surface area contributed by atoms with Gasteiger partial charge in [0.15, 0.2) is 0 Å². The zero-order valence-corrected chi connectivity index (χ0v) is 10.7. The van der Waals surface area contributed by atoms with E-state index in [1.807, 2.05) is 0 Å². The van der Waals surface area contributed by atoms with Crippen molar-refractivity contribution in [2.75, 3.05) is 43.4 Å². The van der Waals surface area contributed by atoms with E-state index in [0.29, 0.717) is 6.04 Å². The summed E-state index contributed by atoms with van der Waals surface area (Å²) in [4.78, 5) is 5.05. The summed E-state index contributed by atoms with van der Waals surface area (Å²) in [6.45, 7) is 6.78. The summed E-state index contributed by atoms with van der Waals surface area (Å²) in [6.07, 6.45) is 1.23. The molecule has 1 saturated heterocycles. The molecule has 0 aromatic heterocycles. The summed E-state index contributed by atoms with van der Waals surface area (Å²) in [6, 6.07) is 7.42. The van der Waals surface area contributed by atoms with Gasteiger partial charge in [0.2, 0.25) is 0 Å². The Labute approximate surface area is 103 Å². The van der Waals surface area contributed by atoms with E-state index in [1.54, 1.807) is 0 Å². The summed E-state index contributed by atoms with van der Waals surface area (Å²) < 4.78 is 0. The fourth-order valence-corrected chi connectivity index (χ4v) is 2.98. The van der Waals surface area contributed by atoms with E-state index in [0.717, 1.165) is 13.1 Å². The van der Waals surface area contributed by atoms with Crippen LogP contribution >= 0.6 is 0 Å². The molecular formula is C14H21N3. The number of nitrogens with zero attached hydrogens (tertiary/aromatic N) is 2. The van der Waals surface area contributed by atoms with Crippen molar-refractivity contribution < 1.29 is 0 Å². The lowest BCUT2D eigenvalue weighted by atomic mass is 10.1. The van der Waals surface area contributed by atoms with Crippen LogP contribution in [0.1, 0.15) is 12.0 Å². The first-order valence-electron chi connectivity index (χ1n) is 6.54. The smallest absolute Gasteiger partial charge is 0.0608 e. The summed E-state index contributed by atoms with van der Waals surface area (Å²) in [5, 5.41) is 3.56. The number of hydrogen-bond acceptors (Lipinski definition) is 3. The highest BCUT2D eigenvalue weighted by molar-refractivity contribution is 5.72. The maximum Gasteiger partial charge on any atom is 0.0608 e. The maximum absolute atomic E-state index is 3.56. The number of benzene rings is 1. The number of aryl methyl sites for hydroxylation is 1. The van der Waals surface area contributed by atoms with Gasteiger partial charge in [0.05, 0.1) is 11.4 Å². The van der Waals surface area contributed by atoms with Crippen LogP contribution in [0.25, 0.3) is 0 Å². The number of hydrogen-bond donors (Lipinski definition) is 1. The van der Waals surface area contributed by atoms with E-state index < -0.39 is 0 Å². The number of nitrogens with one attached hydrogen (secondary N) is 1. The Morgan fingerprint density at radius 2 is 2.18 bits per heavy atom. The molecule has 0 bridgehead atoms. The first-order valence-corrected chi connectivity index (χ1v) is 6.54. The minimum atomic E-state index is 0.671. The molecule has 3 heteroatoms. The zero-order valence-electron chi connectivity index (χ0n) is 10.7. The van der Waals surface area contributed by atoms with Crippen molar-refractivity contribution in [3.8, 4) is 0 Å². The molecule has 2 heterocycles. The van der Waals surface area contributed by atoms with Gasteiger partial charge in [-0.3, -0.25) is 0 Å². The molecule has 2 aliphatic heterocycles. The van der Waals surface area contributed by atoms with Crippen molar-refractivity contribution in [1.82, 2.24) is 4.90 Å². The molecule has 2 aliphatic rings. The molecule has 1 unspecified atom stereocenters.